The van der Waals surface area contributed by atoms with Gasteiger partial charge in [0, 0.05) is 66.7 Å². The number of hydrogen-bond acceptors (Lipinski definition) is 4. The summed E-state index contributed by atoms with van der Waals surface area (Å²) >= 11 is 0. The third kappa shape index (κ3) is 4.53. The Morgan fingerprint density at radius 3 is 2.50 bits per heavy atom. The number of anilines is 1. The van der Waals surface area contributed by atoms with Crippen molar-refractivity contribution in [3.63, 3.8) is 0 Å². The summed E-state index contributed by atoms with van der Waals surface area (Å²) < 4.78 is 38.7. The Morgan fingerprint density at radius 2 is 1.88 bits per heavy atom. The fourth-order valence-corrected chi connectivity index (χ4v) is 4.63. The molecule has 3 aromatic rings. The van der Waals surface area contributed by atoms with Crippen molar-refractivity contribution in [2.24, 2.45) is 0 Å². The lowest BCUT2D eigenvalue weighted by Gasteiger charge is -2.34. The number of hydrogen-bond donors (Lipinski definition) is 0. The first-order valence-corrected chi connectivity index (χ1v) is 11.7. The summed E-state index contributed by atoms with van der Waals surface area (Å²) in [7, 11) is 1.85. The molecule has 9 heteroatoms. The maximum Gasteiger partial charge on any atom is 0.333 e. The van der Waals surface area contributed by atoms with E-state index in [1.54, 1.807) is 22.9 Å². The molecule has 34 heavy (non-hydrogen) atoms. The van der Waals surface area contributed by atoms with Gasteiger partial charge in [0.25, 0.3) is 6.43 Å². The van der Waals surface area contributed by atoms with Crippen molar-refractivity contribution in [2.45, 2.75) is 65.6 Å². The van der Waals surface area contributed by atoms with Crippen molar-refractivity contribution in [3.05, 3.63) is 63.6 Å². The molecule has 0 spiro atoms. The van der Waals surface area contributed by atoms with Gasteiger partial charge >= 0.3 is 5.69 Å². The Hall–Kier alpha value is -2.94. The number of rotatable bonds is 7. The van der Waals surface area contributed by atoms with Crippen LogP contribution in [0.4, 0.5) is 14.5 Å². The molecule has 1 aliphatic rings. The second kappa shape index (κ2) is 9.74. The number of imidazole rings is 1. The Balaban J connectivity index is 1.70. The summed E-state index contributed by atoms with van der Waals surface area (Å²) in [6, 6.07) is 5.29. The third-order valence-corrected chi connectivity index (χ3v) is 6.83. The molecule has 0 atom stereocenters. The van der Waals surface area contributed by atoms with Crippen molar-refractivity contribution >= 4 is 5.69 Å². The minimum atomic E-state index is -2.65. The Morgan fingerprint density at radius 1 is 1.18 bits per heavy atom. The summed E-state index contributed by atoms with van der Waals surface area (Å²) in [6.45, 7) is 9.44. The molecule has 1 saturated heterocycles. The Kier molecular flexibility index (Phi) is 6.93. The van der Waals surface area contributed by atoms with Crippen LogP contribution in [-0.2, 0) is 11.3 Å². The normalized spacial score (nSPS) is 15.0. The van der Waals surface area contributed by atoms with E-state index in [9.17, 15) is 13.6 Å². The van der Waals surface area contributed by atoms with Crippen molar-refractivity contribution in [2.75, 3.05) is 25.2 Å². The van der Waals surface area contributed by atoms with E-state index in [1.807, 2.05) is 50.5 Å². The van der Waals surface area contributed by atoms with Gasteiger partial charge in [0.15, 0.2) is 0 Å². The van der Waals surface area contributed by atoms with E-state index in [-0.39, 0.29) is 23.3 Å². The topological polar surface area (TPSA) is 57.2 Å². The first-order chi connectivity index (χ1) is 16.2. The molecule has 0 saturated carbocycles. The van der Waals surface area contributed by atoms with Crippen LogP contribution in [0.2, 0.25) is 0 Å². The van der Waals surface area contributed by atoms with Crippen LogP contribution >= 0.6 is 0 Å². The lowest BCUT2D eigenvalue weighted by molar-refractivity contribution is 0.0852. The van der Waals surface area contributed by atoms with E-state index in [0.717, 1.165) is 29.8 Å². The second-order valence-electron chi connectivity index (χ2n) is 9.30. The maximum atomic E-state index is 14.1. The fourth-order valence-electron chi connectivity index (χ4n) is 4.63. The van der Waals surface area contributed by atoms with Gasteiger partial charge in [-0.05, 0) is 58.7 Å². The minimum Gasteiger partial charge on any atom is -0.381 e. The average molecular weight is 474 g/mol. The number of nitrogens with zero attached hydrogens (tertiary/aromatic N) is 5. The maximum absolute atomic E-state index is 14.1. The van der Waals surface area contributed by atoms with Crippen LogP contribution in [0.3, 0.4) is 0 Å². The summed E-state index contributed by atoms with van der Waals surface area (Å²) in [5.41, 5.74) is 3.06. The van der Waals surface area contributed by atoms with Crippen LogP contribution < -0.4 is 10.6 Å². The van der Waals surface area contributed by atoms with Gasteiger partial charge in [0.1, 0.15) is 0 Å². The quantitative estimate of drug-likeness (QED) is 0.502. The highest BCUT2D eigenvalue weighted by Crippen LogP contribution is 2.34. The molecular formula is C25H33F2N5O2. The third-order valence-electron chi connectivity index (χ3n) is 6.83. The largest absolute Gasteiger partial charge is 0.381 e. The van der Waals surface area contributed by atoms with E-state index < -0.39 is 6.43 Å². The Bertz CT molecular complexity index is 1200. The lowest BCUT2D eigenvalue weighted by Crippen LogP contribution is -2.37. The SMILES string of the molecule is Cc1c(C)n(-c2ccc(N(C)C3CCOCC3)c(C(F)F)c2)c(=O)n1Cc1cnn(C(C)C)c1. The van der Waals surface area contributed by atoms with Crippen molar-refractivity contribution in [1.29, 1.82) is 0 Å². The van der Waals surface area contributed by atoms with E-state index in [4.69, 9.17) is 4.74 Å². The van der Waals surface area contributed by atoms with Gasteiger partial charge in [-0.1, -0.05) is 0 Å². The molecule has 0 bridgehead atoms. The van der Waals surface area contributed by atoms with Gasteiger partial charge in [0.05, 0.1) is 18.4 Å². The number of aromatic nitrogens is 4. The summed E-state index contributed by atoms with van der Waals surface area (Å²) in [6.07, 6.45) is 2.63. The fraction of sp³-hybridized carbons (Fsp3) is 0.520. The van der Waals surface area contributed by atoms with Crippen LogP contribution in [0, 0.1) is 13.8 Å². The van der Waals surface area contributed by atoms with Crippen LogP contribution in [0.25, 0.3) is 5.69 Å². The zero-order valence-corrected chi connectivity index (χ0v) is 20.5. The van der Waals surface area contributed by atoms with Crippen LogP contribution in [0.5, 0.6) is 0 Å². The van der Waals surface area contributed by atoms with Gasteiger partial charge in [-0.25, -0.2) is 13.6 Å². The summed E-state index contributed by atoms with van der Waals surface area (Å²) in [5, 5.41) is 4.35. The second-order valence-corrected chi connectivity index (χ2v) is 9.30. The molecule has 2 aromatic heterocycles. The molecule has 1 fully saturated rings. The summed E-state index contributed by atoms with van der Waals surface area (Å²) in [5.74, 6) is 0. The molecule has 0 unspecified atom stereocenters. The standard InChI is InChI=1S/C25H33F2N5O2/c1-16(2)31-15-19(13-28-31)14-30-17(3)18(4)32(25(30)33)21-6-7-23(22(12-21)24(26)27)29(5)20-8-10-34-11-9-20/h6-7,12-13,15-16,20,24H,8-11,14H2,1-5H3. The molecule has 0 aliphatic carbocycles. The predicted octanol–water partition coefficient (Wildman–Crippen LogP) is 4.63. The van der Waals surface area contributed by atoms with Crippen LogP contribution in [-0.4, -0.2) is 45.2 Å². The van der Waals surface area contributed by atoms with Crippen molar-refractivity contribution in [1.82, 2.24) is 18.9 Å². The number of halogens is 2. The van der Waals surface area contributed by atoms with Gasteiger partial charge in [-0.2, -0.15) is 5.10 Å². The highest BCUT2D eigenvalue weighted by molar-refractivity contribution is 5.59. The van der Waals surface area contributed by atoms with Crippen molar-refractivity contribution in [3.8, 4) is 5.69 Å². The predicted molar refractivity (Wildman–Crippen MR) is 128 cm³/mol. The van der Waals surface area contributed by atoms with E-state index in [0.29, 0.717) is 31.1 Å². The van der Waals surface area contributed by atoms with Gasteiger partial charge in [-0.3, -0.25) is 13.8 Å². The number of ether oxygens (including phenoxy) is 1. The lowest BCUT2D eigenvalue weighted by atomic mass is 10.0. The van der Waals surface area contributed by atoms with E-state index in [1.165, 1.54) is 10.6 Å². The number of alkyl halides is 2. The molecule has 0 radical (unpaired) electrons. The number of benzene rings is 1. The first kappa shape index (κ1) is 24.2. The van der Waals surface area contributed by atoms with Crippen LogP contribution in [0.1, 0.15) is 61.7 Å². The summed E-state index contributed by atoms with van der Waals surface area (Å²) in [4.78, 5) is 15.3. The van der Waals surface area contributed by atoms with Gasteiger partial charge in [0.2, 0.25) is 0 Å². The Labute approximate surface area is 198 Å². The zero-order valence-electron chi connectivity index (χ0n) is 20.5. The van der Waals surface area contributed by atoms with Gasteiger partial charge < -0.3 is 9.64 Å². The highest BCUT2D eigenvalue weighted by atomic mass is 19.3. The molecule has 0 N–H and O–H groups in total. The van der Waals surface area contributed by atoms with E-state index >= 15 is 0 Å². The molecule has 1 aromatic carbocycles. The van der Waals surface area contributed by atoms with E-state index in [2.05, 4.69) is 5.10 Å². The first-order valence-electron chi connectivity index (χ1n) is 11.7. The smallest absolute Gasteiger partial charge is 0.333 e. The minimum absolute atomic E-state index is 0.0681. The average Bonchev–Trinajstić information content (AvgIpc) is 3.38. The molecule has 4 rings (SSSR count). The molecule has 1 aliphatic heterocycles. The van der Waals surface area contributed by atoms with Crippen LogP contribution in [0.15, 0.2) is 35.4 Å². The molecule has 184 valence electrons. The highest BCUT2D eigenvalue weighted by Gasteiger charge is 2.25. The monoisotopic (exact) mass is 473 g/mol. The van der Waals surface area contributed by atoms with Gasteiger partial charge in [-0.15, -0.1) is 0 Å². The molecule has 3 heterocycles. The zero-order chi connectivity index (χ0) is 24.6. The molecule has 0 amide bonds. The molecular weight excluding hydrogens is 440 g/mol. The molecule has 7 nitrogen and oxygen atoms in total. The van der Waals surface area contributed by atoms with Crippen molar-refractivity contribution < 1.29 is 13.5 Å².